The van der Waals surface area contributed by atoms with Gasteiger partial charge < -0.3 is 15.5 Å². The largest absolute Gasteiger partial charge is 0.367 e. The van der Waals surface area contributed by atoms with Crippen molar-refractivity contribution in [1.29, 1.82) is 0 Å². The number of nitrogens with two attached hydrogens (primary N) is 1. The second-order valence-electron chi connectivity index (χ2n) is 6.93. The van der Waals surface area contributed by atoms with Gasteiger partial charge >= 0.3 is 0 Å². The fourth-order valence-corrected chi connectivity index (χ4v) is 3.75. The quantitative estimate of drug-likeness (QED) is 0.534. The highest BCUT2D eigenvalue weighted by Gasteiger charge is 2.24. The van der Waals surface area contributed by atoms with Crippen LogP contribution in [0.15, 0.2) is 42.6 Å². The third-order valence-corrected chi connectivity index (χ3v) is 5.09. The zero-order chi connectivity index (χ0) is 20.5. The smallest absolute Gasteiger partial charge is 0.295 e. The van der Waals surface area contributed by atoms with Gasteiger partial charge in [-0.25, -0.2) is 9.97 Å². The maximum Gasteiger partial charge on any atom is 0.295 e. The van der Waals surface area contributed by atoms with Gasteiger partial charge in [0, 0.05) is 55.2 Å². The van der Waals surface area contributed by atoms with Crippen molar-refractivity contribution in [3.05, 3.63) is 64.0 Å². The molecule has 1 saturated heterocycles. The van der Waals surface area contributed by atoms with Crippen LogP contribution in [0.3, 0.4) is 0 Å². The van der Waals surface area contributed by atoms with Crippen molar-refractivity contribution in [3.8, 4) is 0 Å². The zero-order valence-electron chi connectivity index (χ0n) is 15.9. The number of benzene rings is 1. The Balaban J connectivity index is 1.64. The number of amides is 1. The summed E-state index contributed by atoms with van der Waals surface area (Å²) in [4.78, 5) is 35.7. The van der Waals surface area contributed by atoms with E-state index in [9.17, 15) is 14.9 Å². The van der Waals surface area contributed by atoms with Crippen LogP contribution < -0.4 is 15.5 Å². The average molecular weight is 392 g/mol. The summed E-state index contributed by atoms with van der Waals surface area (Å²) in [6.45, 7) is 4.49. The number of nitro groups is 1. The summed E-state index contributed by atoms with van der Waals surface area (Å²) >= 11 is 0. The van der Waals surface area contributed by atoms with E-state index in [0.717, 1.165) is 16.8 Å². The zero-order valence-corrected chi connectivity index (χ0v) is 15.9. The Labute approximate surface area is 166 Å². The summed E-state index contributed by atoms with van der Waals surface area (Å²) in [6.07, 6.45) is 1.65. The molecule has 9 nitrogen and oxygen atoms in total. The van der Waals surface area contributed by atoms with E-state index >= 15 is 0 Å². The number of fused-ring (bicyclic) bond motifs is 1. The molecule has 29 heavy (non-hydrogen) atoms. The minimum absolute atomic E-state index is 0.00525. The highest BCUT2D eigenvalue weighted by Crippen LogP contribution is 2.33. The first-order valence-corrected chi connectivity index (χ1v) is 9.25. The van der Waals surface area contributed by atoms with Crippen molar-refractivity contribution in [2.45, 2.75) is 6.92 Å². The topological polar surface area (TPSA) is 118 Å². The lowest BCUT2D eigenvalue weighted by molar-refractivity contribution is -0.383. The SMILES string of the molecule is Cc1cc(N2CCN(c3ncccc3C(N)=O)CC2)c2cccc([N+](=O)[O-])c2n1. The summed E-state index contributed by atoms with van der Waals surface area (Å²) in [5, 5.41) is 12.2. The molecule has 9 heteroatoms. The summed E-state index contributed by atoms with van der Waals surface area (Å²) in [6, 6.07) is 10.3. The van der Waals surface area contributed by atoms with E-state index in [2.05, 4.69) is 14.9 Å². The number of carbonyl (C=O) groups is 1. The molecule has 0 saturated carbocycles. The standard InChI is InChI=1S/C20H20N6O3/c1-13-12-17(14-4-2-6-16(26(28)29)18(14)23-13)24-8-10-25(11-9-24)20-15(19(21)27)5-3-7-22-20/h2-7,12H,8-11H2,1H3,(H2,21,27). The van der Waals surface area contributed by atoms with Crippen molar-refractivity contribution in [2.75, 3.05) is 36.0 Å². The second-order valence-corrected chi connectivity index (χ2v) is 6.93. The van der Waals surface area contributed by atoms with Crippen molar-refractivity contribution in [1.82, 2.24) is 9.97 Å². The number of hydrogen-bond donors (Lipinski definition) is 1. The average Bonchev–Trinajstić information content (AvgIpc) is 2.72. The molecule has 4 rings (SSSR count). The van der Waals surface area contributed by atoms with Gasteiger partial charge in [0.25, 0.3) is 11.6 Å². The van der Waals surface area contributed by atoms with Crippen LogP contribution in [-0.4, -0.2) is 47.0 Å². The van der Waals surface area contributed by atoms with Crippen molar-refractivity contribution in [3.63, 3.8) is 0 Å². The molecule has 148 valence electrons. The van der Waals surface area contributed by atoms with Crippen LogP contribution in [0.25, 0.3) is 10.9 Å². The Morgan fingerprint density at radius 1 is 1.14 bits per heavy atom. The summed E-state index contributed by atoms with van der Waals surface area (Å²) in [5.41, 5.74) is 7.94. The number of anilines is 2. The van der Waals surface area contributed by atoms with E-state index in [1.165, 1.54) is 6.07 Å². The molecule has 1 aromatic carbocycles. The third-order valence-electron chi connectivity index (χ3n) is 5.09. The lowest BCUT2D eigenvalue weighted by Crippen LogP contribution is -2.47. The number of non-ortho nitro benzene ring substituents is 1. The molecule has 1 aliphatic rings. The van der Waals surface area contributed by atoms with Crippen molar-refractivity contribution in [2.24, 2.45) is 5.73 Å². The molecule has 0 spiro atoms. The summed E-state index contributed by atoms with van der Waals surface area (Å²) < 4.78 is 0. The van der Waals surface area contributed by atoms with Crippen LogP contribution in [0.4, 0.5) is 17.2 Å². The van der Waals surface area contributed by atoms with Crippen molar-refractivity contribution >= 4 is 34.0 Å². The first-order chi connectivity index (χ1) is 14.0. The maximum absolute atomic E-state index is 11.7. The number of hydrogen-bond acceptors (Lipinski definition) is 7. The van der Waals surface area contributed by atoms with Gasteiger partial charge in [-0.15, -0.1) is 0 Å². The number of piperazine rings is 1. The Morgan fingerprint density at radius 2 is 1.86 bits per heavy atom. The van der Waals surface area contributed by atoms with Crippen LogP contribution >= 0.6 is 0 Å². The van der Waals surface area contributed by atoms with Gasteiger partial charge in [-0.2, -0.15) is 0 Å². The van der Waals surface area contributed by atoms with Gasteiger partial charge in [-0.3, -0.25) is 14.9 Å². The third kappa shape index (κ3) is 3.42. The molecule has 0 unspecified atom stereocenters. The van der Waals surface area contributed by atoms with Gasteiger partial charge in [0.15, 0.2) is 5.52 Å². The van der Waals surface area contributed by atoms with Crippen LogP contribution in [0.5, 0.6) is 0 Å². The van der Waals surface area contributed by atoms with Crippen LogP contribution in [0, 0.1) is 17.0 Å². The van der Waals surface area contributed by atoms with Gasteiger partial charge in [-0.05, 0) is 25.1 Å². The van der Waals surface area contributed by atoms with Gasteiger partial charge in [-0.1, -0.05) is 12.1 Å². The van der Waals surface area contributed by atoms with Crippen LogP contribution in [0.2, 0.25) is 0 Å². The molecule has 3 heterocycles. The number of aromatic nitrogens is 2. The second kappa shape index (κ2) is 7.34. The number of rotatable bonds is 4. The van der Waals surface area contributed by atoms with E-state index < -0.39 is 10.8 Å². The van der Waals surface area contributed by atoms with Crippen molar-refractivity contribution < 1.29 is 9.72 Å². The molecule has 0 radical (unpaired) electrons. The molecule has 0 bridgehead atoms. The Hall–Kier alpha value is -3.75. The summed E-state index contributed by atoms with van der Waals surface area (Å²) in [7, 11) is 0. The minimum atomic E-state index is -0.501. The number of aryl methyl sites for hydroxylation is 1. The Morgan fingerprint density at radius 3 is 2.55 bits per heavy atom. The highest BCUT2D eigenvalue weighted by molar-refractivity contribution is 5.98. The van der Waals surface area contributed by atoms with E-state index in [1.54, 1.807) is 24.4 Å². The predicted molar refractivity (Wildman–Crippen MR) is 110 cm³/mol. The number of nitrogens with zero attached hydrogens (tertiary/aromatic N) is 5. The number of pyridine rings is 2. The number of nitro benzene ring substituents is 1. The minimum Gasteiger partial charge on any atom is -0.367 e. The number of para-hydroxylation sites is 1. The van der Waals surface area contributed by atoms with E-state index in [0.29, 0.717) is 43.1 Å². The fraction of sp³-hybridized carbons (Fsp3) is 0.250. The van der Waals surface area contributed by atoms with E-state index in [-0.39, 0.29) is 5.69 Å². The van der Waals surface area contributed by atoms with Gasteiger partial charge in [0.05, 0.1) is 10.5 Å². The molecule has 2 aromatic heterocycles. The Bertz CT molecular complexity index is 1110. The monoisotopic (exact) mass is 392 g/mol. The first kappa shape index (κ1) is 18.6. The van der Waals surface area contributed by atoms with E-state index in [4.69, 9.17) is 5.73 Å². The molecule has 2 N–H and O–H groups in total. The summed E-state index contributed by atoms with van der Waals surface area (Å²) in [5.74, 6) is 0.0876. The van der Waals surface area contributed by atoms with Gasteiger partial charge in [0.2, 0.25) is 0 Å². The molecule has 0 atom stereocenters. The van der Waals surface area contributed by atoms with Crippen LogP contribution in [0.1, 0.15) is 16.1 Å². The lowest BCUT2D eigenvalue weighted by atomic mass is 10.1. The van der Waals surface area contributed by atoms with Crippen LogP contribution in [-0.2, 0) is 0 Å². The maximum atomic E-state index is 11.7. The highest BCUT2D eigenvalue weighted by atomic mass is 16.6. The molecular formula is C20H20N6O3. The molecule has 0 aliphatic carbocycles. The lowest BCUT2D eigenvalue weighted by Gasteiger charge is -2.37. The first-order valence-electron chi connectivity index (χ1n) is 9.25. The fourth-order valence-electron chi connectivity index (χ4n) is 3.75. The predicted octanol–water partition coefficient (Wildman–Crippen LogP) is 2.27. The van der Waals surface area contributed by atoms with Gasteiger partial charge in [0.1, 0.15) is 5.82 Å². The number of carbonyl (C=O) groups excluding carboxylic acids is 1. The molecule has 1 amide bonds. The number of primary amides is 1. The molecule has 1 fully saturated rings. The molecular weight excluding hydrogens is 372 g/mol. The Kier molecular flexibility index (Phi) is 4.71. The van der Waals surface area contributed by atoms with E-state index in [1.807, 2.05) is 24.0 Å². The normalized spacial score (nSPS) is 14.2. The molecule has 1 aliphatic heterocycles. The molecule has 3 aromatic rings.